The van der Waals surface area contributed by atoms with Crippen molar-refractivity contribution in [3.63, 3.8) is 0 Å². The van der Waals surface area contributed by atoms with E-state index in [0.29, 0.717) is 6.04 Å². The molecule has 110 valence electrons. The minimum absolute atomic E-state index is 0.632. The van der Waals surface area contributed by atoms with E-state index >= 15 is 0 Å². The van der Waals surface area contributed by atoms with Gasteiger partial charge < -0.3 is 10.2 Å². The Labute approximate surface area is 126 Å². The number of pyridine rings is 1. The molecule has 0 amide bonds. The summed E-state index contributed by atoms with van der Waals surface area (Å²) in [5, 5.41) is 6.34. The predicted octanol–water partition coefficient (Wildman–Crippen LogP) is 4.19. The molecule has 1 aromatic heterocycles. The van der Waals surface area contributed by atoms with E-state index in [1.54, 1.807) is 0 Å². The molecule has 2 aromatic rings. The second-order valence-corrected chi connectivity index (χ2v) is 6.36. The standard InChI is InChI=1S/C18H23N3/c1-2-8-14(7-1)20-17-13-19-18(21-11-5-6-12-21)16-10-4-3-9-15(16)17/h3-4,9-10,13-14,20H,1-2,5-8,11-12H2. The third kappa shape index (κ3) is 2.45. The van der Waals surface area contributed by atoms with Gasteiger partial charge in [0.15, 0.2) is 0 Å². The van der Waals surface area contributed by atoms with Gasteiger partial charge in [-0.3, -0.25) is 0 Å². The predicted molar refractivity (Wildman–Crippen MR) is 89.1 cm³/mol. The molecule has 1 aromatic carbocycles. The zero-order valence-electron chi connectivity index (χ0n) is 12.5. The van der Waals surface area contributed by atoms with Crippen LogP contribution in [0.25, 0.3) is 10.8 Å². The Morgan fingerprint density at radius 2 is 1.67 bits per heavy atom. The molecule has 2 aliphatic rings. The largest absolute Gasteiger partial charge is 0.381 e. The smallest absolute Gasteiger partial charge is 0.136 e. The Balaban J connectivity index is 1.73. The van der Waals surface area contributed by atoms with Crippen molar-refractivity contribution < 1.29 is 0 Å². The highest BCUT2D eigenvalue weighted by molar-refractivity contribution is 6.00. The first-order valence-corrected chi connectivity index (χ1v) is 8.31. The lowest BCUT2D eigenvalue weighted by molar-refractivity contribution is 0.756. The zero-order chi connectivity index (χ0) is 14.1. The van der Waals surface area contributed by atoms with E-state index in [9.17, 15) is 0 Å². The molecule has 1 saturated heterocycles. The topological polar surface area (TPSA) is 28.2 Å². The maximum Gasteiger partial charge on any atom is 0.136 e. The molecule has 3 heteroatoms. The monoisotopic (exact) mass is 281 g/mol. The van der Waals surface area contributed by atoms with Crippen LogP contribution in [0.4, 0.5) is 11.5 Å². The molecule has 0 spiro atoms. The highest BCUT2D eigenvalue weighted by atomic mass is 15.2. The fourth-order valence-electron chi connectivity index (χ4n) is 3.76. The van der Waals surface area contributed by atoms with Gasteiger partial charge in [-0.2, -0.15) is 0 Å². The minimum Gasteiger partial charge on any atom is -0.381 e. The van der Waals surface area contributed by atoms with Crippen molar-refractivity contribution in [3.8, 4) is 0 Å². The maximum absolute atomic E-state index is 4.79. The zero-order valence-corrected chi connectivity index (χ0v) is 12.5. The Hall–Kier alpha value is -1.77. The Morgan fingerprint density at radius 3 is 2.43 bits per heavy atom. The van der Waals surface area contributed by atoms with Crippen LogP contribution in [0.5, 0.6) is 0 Å². The Bertz CT molecular complexity index is 625. The Kier molecular flexibility index (Phi) is 3.42. The first-order valence-electron chi connectivity index (χ1n) is 8.31. The molecule has 3 nitrogen and oxygen atoms in total. The van der Waals surface area contributed by atoms with E-state index in [-0.39, 0.29) is 0 Å². The molecule has 0 atom stereocenters. The summed E-state index contributed by atoms with van der Waals surface area (Å²) in [6, 6.07) is 9.34. The lowest BCUT2D eigenvalue weighted by Gasteiger charge is -2.21. The van der Waals surface area contributed by atoms with E-state index in [1.807, 2.05) is 6.20 Å². The van der Waals surface area contributed by atoms with Crippen LogP contribution in [0.3, 0.4) is 0 Å². The average molecular weight is 281 g/mol. The summed E-state index contributed by atoms with van der Waals surface area (Å²) in [6.45, 7) is 2.29. The molecule has 1 saturated carbocycles. The van der Waals surface area contributed by atoms with Crippen LogP contribution in [-0.2, 0) is 0 Å². The van der Waals surface area contributed by atoms with Crippen molar-refractivity contribution in [1.29, 1.82) is 0 Å². The molecule has 21 heavy (non-hydrogen) atoms. The van der Waals surface area contributed by atoms with Gasteiger partial charge in [0.25, 0.3) is 0 Å². The first-order chi connectivity index (χ1) is 10.4. The molecule has 1 aliphatic carbocycles. The van der Waals surface area contributed by atoms with Crippen molar-refractivity contribution >= 4 is 22.3 Å². The lowest BCUT2D eigenvalue weighted by atomic mass is 10.1. The van der Waals surface area contributed by atoms with E-state index in [0.717, 1.165) is 13.1 Å². The minimum atomic E-state index is 0.632. The lowest BCUT2D eigenvalue weighted by Crippen LogP contribution is -2.20. The second kappa shape index (κ2) is 5.55. The SMILES string of the molecule is c1ccc2c(N3CCCC3)ncc(NC3CCCC3)c2c1. The molecule has 0 radical (unpaired) electrons. The normalized spacial score (nSPS) is 19.5. The number of aromatic nitrogens is 1. The molecule has 4 rings (SSSR count). The highest BCUT2D eigenvalue weighted by Crippen LogP contribution is 2.33. The van der Waals surface area contributed by atoms with Gasteiger partial charge in [-0.1, -0.05) is 37.1 Å². The summed E-state index contributed by atoms with van der Waals surface area (Å²) in [7, 11) is 0. The molecule has 0 bridgehead atoms. The number of hydrogen-bond acceptors (Lipinski definition) is 3. The third-order valence-electron chi connectivity index (χ3n) is 4.89. The molecule has 2 fully saturated rings. The summed E-state index contributed by atoms with van der Waals surface area (Å²) in [5.74, 6) is 1.17. The quantitative estimate of drug-likeness (QED) is 0.914. The van der Waals surface area contributed by atoms with E-state index < -0.39 is 0 Å². The van der Waals surface area contributed by atoms with Crippen LogP contribution >= 0.6 is 0 Å². The molecule has 1 aliphatic heterocycles. The molecule has 2 heterocycles. The van der Waals surface area contributed by atoms with Crippen LogP contribution in [0.2, 0.25) is 0 Å². The fraction of sp³-hybridized carbons (Fsp3) is 0.500. The van der Waals surface area contributed by atoms with E-state index in [1.165, 1.54) is 60.8 Å². The number of hydrogen-bond donors (Lipinski definition) is 1. The van der Waals surface area contributed by atoms with Crippen LogP contribution in [0, 0.1) is 0 Å². The van der Waals surface area contributed by atoms with Crippen LogP contribution in [0.15, 0.2) is 30.5 Å². The Morgan fingerprint density at radius 1 is 0.952 bits per heavy atom. The van der Waals surface area contributed by atoms with Crippen molar-refractivity contribution in [2.24, 2.45) is 0 Å². The van der Waals surface area contributed by atoms with Gasteiger partial charge in [-0.05, 0) is 25.7 Å². The van der Waals surface area contributed by atoms with E-state index in [2.05, 4.69) is 34.5 Å². The highest BCUT2D eigenvalue weighted by Gasteiger charge is 2.19. The van der Waals surface area contributed by atoms with Crippen LogP contribution in [-0.4, -0.2) is 24.1 Å². The van der Waals surface area contributed by atoms with Gasteiger partial charge in [0.05, 0.1) is 11.9 Å². The number of nitrogens with one attached hydrogen (secondary N) is 1. The summed E-state index contributed by atoms with van der Waals surface area (Å²) >= 11 is 0. The van der Waals surface area contributed by atoms with Gasteiger partial charge in [0.1, 0.15) is 5.82 Å². The van der Waals surface area contributed by atoms with Crippen LogP contribution < -0.4 is 10.2 Å². The summed E-state index contributed by atoms with van der Waals surface area (Å²) in [6.07, 6.45) is 9.93. The summed E-state index contributed by atoms with van der Waals surface area (Å²) in [4.78, 5) is 7.23. The van der Waals surface area contributed by atoms with Crippen molar-refractivity contribution in [3.05, 3.63) is 30.5 Å². The number of anilines is 2. The van der Waals surface area contributed by atoms with Crippen molar-refractivity contribution in [2.45, 2.75) is 44.6 Å². The van der Waals surface area contributed by atoms with E-state index in [4.69, 9.17) is 4.98 Å². The van der Waals surface area contributed by atoms with Gasteiger partial charge in [-0.15, -0.1) is 0 Å². The van der Waals surface area contributed by atoms with Gasteiger partial charge >= 0.3 is 0 Å². The molecule has 0 unspecified atom stereocenters. The van der Waals surface area contributed by atoms with Gasteiger partial charge in [0.2, 0.25) is 0 Å². The van der Waals surface area contributed by atoms with Crippen LogP contribution in [0.1, 0.15) is 38.5 Å². The average Bonchev–Trinajstić information content (AvgIpc) is 3.21. The van der Waals surface area contributed by atoms with Crippen molar-refractivity contribution in [1.82, 2.24) is 4.98 Å². The van der Waals surface area contributed by atoms with Crippen molar-refractivity contribution in [2.75, 3.05) is 23.3 Å². The summed E-state index contributed by atoms with van der Waals surface area (Å²) < 4.78 is 0. The third-order valence-corrected chi connectivity index (χ3v) is 4.89. The number of benzene rings is 1. The maximum atomic E-state index is 4.79. The molecule has 1 N–H and O–H groups in total. The molecular formula is C18H23N3. The fourth-order valence-corrected chi connectivity index (χ4v) is 3.76. The molecular weight excluding hydrogens is 258 g/mol. The summed E-state index contributed by atoms with van der Waals surface area (Å²) in [5.41, 5.74) is 1.21. The first kappa shape index (κ1) is 12.9. The van der Waals surface area contributed by atoms with Gasteiger partial charge in [0, 0.05) is 29.9 Å². The second-order valence-electron chi connectivity index (χ2n) is 6.36. The number of fused-ring (bicyclic) bond motifs is 1. The number of nitrogens with zero attached hydrogens (tertiary/aromatic N) is 2. The number of rotatable bonds is 3. The van der Waals surface area contributed by atoms with Gasteiger partial charge in [-0.25, -0.2) is 4.98 Å².